The highest BCUT2D eigenvalue weighted by Crippen LogP contribution is 2.55. The molecule has 1 fully saturated rings. The van der Waals surface area contributed by atoms with Crippen LogP contribution in [0, 0.1) is 37.9 Å². The lowest BCUT2D eigenvalue weighted by atomic mass is 9.80. The molecular formula is C105H169N5O3S. The average molecular weight is 1580 g/mol. The quantitative estimate of drug-likeness (QED) is 0.0970. The number of fused-ring (bicyclic) bond motifs is 8. The Morgan fingerprint density at radius 3 is 1.19 bits per heavy atom. The van der Waals surface area contributed by atoms with Crippen molar-refractivity contribution in [3.8, 4) is 5.75 Å². The van der Waals surface area contributed by atoms with Crippen LogP contribution >= 0.6 is 0 Å². The molecule has 1 saturated carbocycles. The maximum absolute atomic E-state index is 11.5. The molecule has 8 nitrogen and oxygen atoms in total. The number of amides is 1. The molecule has 7 aromatic rings. The molecule has 1 amide bonds. The van der Waals surface area contributed by atoms with Crippen molar-refractivity contribution in [2.24, 2.45) is 37.9 Å². The van der Waals surface area contributed by atoms with Gasteiger partial charge in [0.15, 0.2) is 0 Å². The number of aryl methyl sites for hydroxylation is 5. The second-order valence-electron chi connectivity index (χ2n) is 42.6. The Bertz CT molecular complexity index is 3570. The van der Waals surface area contributed by atoms with Crippen molar-refractivity contribution in [2.75, 3.05) is 25.0 Å². The molecule has 15 rings (SSSR count). The molecule has 5 heterocycles. The zero-order valence-corrected chi connectivity index (χ0v) is 78.1. The summed E-state index contributed by atoms with van der Waals surface area (Å²) >= 11 is 0. The third-order valence-electron chi connectivity index (χ3n) is 15.9. The first-order valence-electron chi connectivity index (χ1n) is 42.6. The molecule has 1 unspecified atom stereocenters. The van der Waals surface area contributed by atoms with Crippen molar-refractivity contribution >= 4 is 27.2 Å². The molecule has 8 aliphatic rings. The summed E-state index contributed by atoms with van der Waals surface area (Å²) in [5, 5.41) is 12.7. The van der Waals surface area contributed by atoms with E-state index >= 15 is 0 Å². The second-order valence-corrected chi connectivity index (χ2v) is 44.8. The van der Waals surface area contributed by atoms with Crippen molar-refractivity contribution in [1.29, 1.82) is 0 Å². The molecule has 0 bridgehead atoms. The summed E-state index contributed by atoms with van der Waals surface area (Å²) in [4.78, 5) is 10.9. The average Bonchev–Trinajstić information content (AvgIpc) is 1.60. The number of allylic oxidation sites excluding steroid dienone is 1. The number of para-hydroxylation sites is 2. The summed E-state index contributed by atoms with van der Waals surface area (Å²) in [5.41, 5.74) is 23.4. The molecule has 1 atom stereocenters. The van der Waals surface area contributed by atoms with Crippen LogP contribution in [-0.4, -0.2) is 35.7 Å². The predicted octanol–water partition coefficient (Wildman–Crippen LogP) is 27.9. The van der Waals surface area contributed by atoms with Gasteiger partial charge in [-0.15, -0.1) is 0 Å². The lowest BCUT2D eigenvalue weighted by molar-refractivity contribution is -0.116. The topological polar surface area (TPSA) is 104 Å². The van der Waals surface area contributed by atoms with Crippen molar-refractivity contribution in [3.05, 3.63) is 249 Å². The number of ether oxygens (including phenoxy) is 1. The zero-order valence-electron chi connectivity index (χ0n) is 77.3. The fraction of sp³-hybridized carbons (Fsp3) is 0.562. The van der Waals surface area contributed by atoms with E-state index in [2.05, 4.69) is 348 Å². The molecule has 5 aliphatic heterocycles. The lowest BCUT2D eigenvalue weighted by Gasteiger charge is -2.24. The molecular weight excluding hydrogens is 1410 g/mol. The number of anilines is 1. The first-order chi connectivity index (χ1) is 52.2. The Kier molecular flexibility index (Phi) is 47.5. The summed E-state index contributed by atoms with van der Waals surface area (Å²) in [7, 11) is -2.05. The van der Waals surface area contributed by atoms with Crippen LogP contribution in [0.4, 0.5) is 5.69 Å². The Morgan fingerprint density at radius 2 is 0.711 bits per heavy atom. The van der Waals surface area contributed by atoms with Crippen LogP contribution in [0.1, 0.15) is 319 Å². The molecule has 0 aromatic heterocycles. The number of carbonyl (C=O) groups is 1. The number of nitrogens with one attached hydrogen (secondary N) is 5. The van der Waals surface area contributed by atoms with Gasteiger partial charge in [0.05, 0.1) is 5.75 Å². The van der Waals surface area contributed by atoms with Crippen LogP contribution in [0.2, 0.25) is 0 Å². The summed E-state index contributed by atoms with van der Waals surface area (Å²) in [6.45, 7) is 71.6. The number of carbonyl (C=O) groups excluding carboxylic acids is 1. The highest BCUT2D eigenvalue weighted by molar-refractivity contribution is 7.97. The number of rotatable bonds is 0. The van der Waals surface area contributed by atoms with Crippen molar-refractivity contribution in [3.63, 3.8) is 0 Å². The van der Waals surface area contributed by atoms with E-state index in [1.165, 1.54) is 110 Å². The van der Waals surface area contributed by atoms with E-state index in [1.807, 2.05) is 54.6 Å². The minimum atomic E-state index is -2.05. The van der Waals surface area contributed by atoms with Gasteiger partial charge in [-0.1, -0.05) is 366 Å². The van der Waals surface area contributed by atoms with Gasteiger partial charge < -0.3 is 26.0 Å². The van der Waals surface area contributed by atoms with Gasteiger partial charge >= 0.3 is 0 Å². The fourth-order valence-corrected chi connectivity index (χ4v) is 12.6. The Labute approximate surface area is 703 Å². The van der Waals surface area contributed by atoms with E-state index in [-0.39, 0.29) is 13.3 Å². The van der Waals surface area contributed by atoms with Gasteiger partial charge in [0.2, 0.25) is 5.91 Å². The van der Waals surface area contributed by atoms with Gasteiger partial charge in [-0.3, -0.25) is 9.00 Å². The summed E-state index contributed by atoms with van der Waals surface area (Å²) in [6.07, 6.45) is 17.4. The lowest BCUT2D eigenvalue weighted by Crippen LogP contribution is -2.29. The van der Waals surface area contributed by atoms with Crippen LogP contribution in [-0.2, 0) is 90.4 Å². The maximum Gasteiger partial charge on any atom is 0.224 e. The normalized spacial score (nSPS) is 16.8. The van der Waals surface area contributed by atoms with Crippen LogP contribution in [0.25, 0.3) is 0 Å². The van der Waals surface area contributed by atoms with Crippen molar-refractivity contribution < 1.29 is 13.7 Å². The van der Waals surface area contributed by atoms with Crippen LogP contribution in [0.3, 0.4) is 0 Å². The molecule has 0 radical (unpaired) electrons. The number of hydrogen-bond donors (Lipinski definition) is 5. The van der Waals surface area contributed by atoms with Gasteiger partial charge in [0, 0.05) is 72.2 Å². The Morgan fingerprint density at radius 1 is 0.360 bits per heavy atom. The van der Waals surface area contributed by atoms with E-state index in [0.717, 1.165) is 74.9 Å². The molecule has 5 N–H and O–H groups in total. The summed E-state index contributed by atoms with van der Waals surface area (Å²) < 4.78 is 20.0. The Balaban J connectivity index is 0.000000623. The van der Waals surface area contributed by atoms with E-state index < -0.39 is 9.71 Å². The molecule has 7 aromatic carbocycles. The van der Waals surface area contributed by atoms with E-state index in [0.29, 0.717) is 62.0 Å². The van der Waals surface area contributed by atoms with Crippen LogP contribution < -0.4 is 30.7 Å². The molecule has 9 heteroatoms. The van der Waals surface area contributed by atoms with Crippen LogP contribution in [0.5, 0.6) is 5.75 Å². The first-order valence-corrected chi connectivity index (χ1v) is 44.5. The smallest absolute Gasteiger partial charge is 0.224 e. The van der Waals surface area contributed by atoms with Gasteiger partial charge in [-0.2, -0.15) is 0 Å². The van der Waals surface area contributed by atoms with Gasteiger partial charge in [-0.05, 0) is 206 Å². The summed E-state index contributed by atoms with van der Waals surface area (Å²) in [5.74, 6) is 5.36. The highest BCUT2D eigenvalue weighted by atomic mass is 32.2. The minimum Gasteiger partial charge on any atom is -0.492 e. The van der Waals surface area contributed by atoms with E-state index in [9.17, 15) is 9.00 Å². The van der Waals surface area contributed by atoms with Crippen LogP contribution in [0.15, 0.2) is 182 Å². The predicted molar refractivity (Wildman–Crippen MR) is 508 cm³/mol. The van der Waals surface area contributed by atoms with Gasteiger partial charge in [-0.25, -0.2) is 4.72 Å². The molecule has 1 spiro atoms. The molecule has 3 aliphatic carbocycles. The number of hydrogen-bond acceptors (Lipinski definition) is 6. The first kappa shape index (κ1) is 105. The standard InChI is InChI=1S/C12H14.C10H11N.C10H13N.C10H12.C9H11NOS.C9H11NO.C9H9NO.7C5H12.CH4/c1-2-6-11-10(4-1)5-3-7-12(11)8-9-12;1-8-6-9-4-2-3-5-10(9)7-11-8;1-2-5-10-8-11-7-3-6-9(10)4-1;1-2-6-10-8-4-3-7-9(10)5-1;1-12(11)7-9-5-3-2-4-8(9)6-10-12;1-2-4-9-8(3-1)7-10-5-6-11-9;11-9-6-5-7-3-1-2-4-8(7)10-9;7*1-5(2,3)4;/h1-2,4,6H,3,5,7-9H2;2-5,11H,1,6-7H2;1-2,4-5,11H,3,6-8H2;1-2,5-6H,3-4,7-8H2;2-5H,1,6-7H2,(H,10,11);1-4,10H,5-7H2;1-4H,5-6H2,(H,10,11);7*1-4H3;1H4. The van der Waals surface area contributed by atoms with E-state index in [1.54, 1.807) is 22.3 Å². The largest absolute Gasteiger partial charge is 0.492 e. The fourth-order valence-electron chi connectivity index (χ4n) is 11.3. The van der Waals surface area contributed by atoms with Gasteiger partial charge in [0.1, 0.15) is 12.4 Å². The van der Waals surface area contributed by atoms with Gasteiger partial charge in [0.25, 0.3) is 0 Å². The third-order valence-corrected chi connectivity index (χ3v) is 17.3. The molecule has 0 saturated heterocycles. The molecule has 114 heavy (non-hydrogen) atoms. The second kappa shape index (κ2) is 51.4. The maximum atomic E-state index is 11.5. The highest BCUT2D eigenvalue weighted by Gasteiger charge is 2.46. The minimum absolute atomic E-state index is 0. The third kappa shape index (κ3) is 58.2. The number of benzene rings is 7. The van der Waals surface area contributed by atoms with Crippen molar-refractivity contribution in [1.82, 2.24) is 20.7 Å². The zero-order chi connectivity index (χ0) is 85.3. The summed E-state index contributed by atoms with van der Waals surface area (Å²) in [6, 6.07) is 59.1. The van der Waals surface area contributed by atoms with Crippen molar-refractivity contribution in [2.45, 2.75) is 329 Å². The Hall–Kier alpha value is -6.75. The SMILES string of the molecule is C.C=C1Cc2ccccc2CN1.C=S1(=O)Cc2ccccc2CN1.CC(C)(C)C.CC(C)(C)C.CC(C)(C)C.CC(C)(C)C.CC(C)(C)C.CC(C)(C)C.CC(C)(C)C.O=C1CCc2ccccc2N1.c1ccc2c(c1)CCCC2.c1ccc2c(c1)CCCC21CC1.c1ccc2c(c1)CCCNC2.c1ccc2c(c1)CNCCO2. The monoisotopic (exact) mass is 1580 g/mol. The molecule has 638 valence electrons. The van der Waals surface area contributed by atoms with E-state index in [4.69, 9.17) is 4.74 Å².